The molecule has 168 valence electrons. The summed E-state index contributed by atoms with van der Waals surface area (Å²) in [6.45, 7) is 5.82. The van der Waals surface area contributed by atoms with Crippen molar-refractivity contribution in [3.63, 3.8) is 0 Å². The van der Waals surface area contributed by atoms with E-state index >= 15 is 0 Å². The summed E-state index contributed by atoms with van der Waals surface area (Å²) in [7, 11) is 1.62. The standard InChI is InChI=1S/C27H31NO4/c1-20(2)14-15-31-25-13-12-22(16-26(25)30-3)18-28-27(29)23-10-7-11-24(17-23)32-19-21-8-5-4-6-9-21/h4-13,16-17,20H,14-15,18-19H2,1-3H3,(H,28,29). The minimum atomic E-state index is -0.161. The fourth-order valence-electron chi connectivity index (χ4n) is 3.10. The van der Waals surface area contributed by atoms with Gasteiger partial charge in [0.05, 0.1) is 13.7 Å². The topological polar surface area (TPSA) is 56.8 Å². The van der Waals surface area contributed by atoms with E-state index in [-0.39, 0.29) is 5.91 Å². The summed E-state index contributed by atoms with van der Waals surface area (Å²) in [5, 5.41) is 2.95. The molecule has 0 aliphatic carbocycles. The third-order valence-corrected chi connectivity index (χ3v) is 4.98. The molecule has 3 rings (SSSR count). The van der Waals surface area contributed by atoms with Crippen molar-refractivity contribution in [1.82, 2.24) is 5.32 Å². The van der Waals surface area contributed by atoms with E-state index in [0.29, 0.717) is 48.5 Å². The number of ether oxygens (including phenoxy) is 3. The fourth-order valence-corrected chi connectivity index (χ4v) is 3.10. The monoisotopic (exact) mass is 433 g/mol. The molecule has 5 nitrogen and oxygen atoms in total. The zero-order chi connectivity index (χ0) is 22.8. The van der Waals surface area contributed by atoms with Crippen LogP contribution in [-0.2, 0) is 13.2 Å². The molecule has 0 saturated carbocycles. The van der Waals surface area contributed by atoms with E-state index in [9.17, 15) is 4.79 Å². The van der Waals surface area contributed by atoms with Crippen LogP contribution in [0, 0.1) is 5.92 Å². The molecule has 0 heterocycles. The first-order valence-electron chi connectivity index (χ1n) is 10.9. The highest BCUT2D eigenvalue weighted by Crippen LogP contribution is 2.28. The van der Waals surface area contributed by atoms with Gasteiger partial charge in [-0.05, 0) is 53.8 Å². The highest BCUT2D eigenvalue weighted by atomic mass is 16.5. The van der Waals surface area contributed by atoms with Crippen LogP contribution in [0.4, 0.5) is 0 Å². The van der Waals surface area contributed by atoms with Gasteiger partial charge in [0.1, 0.15) is 12.4 Å². The third kappa shape index (κ3) is 7.05. The van der Waals surface area contributed by atoms with E-state index in [2.05, 4.69) is 19.2 Å². The van der Waals surface area contributed by atoms with Gasteiger partial charge in [-0.2, -0.15) is 0 Å². The van der Waals surface area contributed by atoms with Gasteiger partial charge in [-0.3, -0.25) is 4.79 Å². The lowest BCUT2D eigenvalue weighted by atomic mass is 10.1. The molecule has 32 heavy (non-hydrogen) atoms. The van der Waals surface area contributed by atoms with Gasteiger partial charge in [0.15, 0.2) is 11.5 Å². The molecule has 0 fully saturated rings. The predicted octanol–water partition coefficient (Wildman–Crippen LogP) is 5.63. The number of rotatable bonds is 11. The summed E-state index contributed by atoms with van der Waals surface area (Å²) < 4.78 is 17.1. The summed E-state index contributed by atoms with van der Waals surface area (Å²) in [4.78, 5) is 12.6. The van der Waals surface area contributed by atoms with Crippen LogP contribution in [0.3, 0.4) is 0 Å². The van der Waals surface area contributed by atoms with Crippen LogP contribution in [0.5, 0.6) is 17.2 Å². The van der Waals surface area contributed by atoms with Gasteiger partial charge in [-0.15, -0.1) is 0 Å². The lowest BCUT2D eigenvalue weighted by molar-refractivity contribution is 0.0950. The number of benzene rings is 3. The Balaban J connectivity index is 1.55. The SMILES string of the molecule is COc1cc(CNC(=O)c2cccc(OCc3ccccc3)c2)ccc1OCCC(C)C. The summed E-state index contributed by atoms with van der Waals surface area (Å²) in [6.07, 6.45) is 0.981. The summed E-state index contributed by atoms with van der Waals surface area (Å²) in [5.74, 6) is 2.46. The van der Waals surface area contributed by atoms with Crippen LogP contribution >= 0.6 is 0 Å². The minimum absolute atomic E-state index is 0.161. The minimum Gasteiger partial charge on any atom is -0.493 e. The van der Waals surface area contributed by atoms with E-state index in [0.717, 1.165) is 17.5 Å². The van der Waals surface area contributed by atoms with Crippen molar-refractivity contribution in [2.45, 2.75) is 33.4 Å². The molecule has 0 saturated heterocycles. The number of amides is 1. The lowest BCUT2D eigenvalue weighted by Crippen LogP contribution is -2.22. The van der Waals surface area contributed by atoms with Crippen LogP contribution in [0.2, 0.25) is 0 Å². The number of carbonyl (C=O) groups is 1. The van der Waals surface area contributed by atoms with E-state index < -0.39 is 0 Å². The van der Waals surface area contributed by atoms with Gasteiger partial charge in [0.25, 0.3) is 5.91 Å². The number of nitrogens with one attached hydrogen (secondary N) is 1. The molecule has 1 amide bonds. The molecule has 0 radical (unpaired) electrons. The van der Waals surface area contributed by atoms with Crippen LogP contribution in [0.1, 0.15) is 41.8 Å². The Kier molecular flexibility index (Phi) is 8.55. The molecule has 0 aliphatic heterocycles. The molecule has 3 aromatic rings. The number of hydrogen-bond donors (Lipinski definition) is 1. The number of hydrogen-bond acceptors (Lipinski definition) is 4. The molecule has 0 aromatic heterocycles. The van der Waals surface area contributed by atoms with Crippen molar-refractivity contribution in [1.29, 1.82) is 0 Å². The van der Waals surface area contributed by atoms with E-state index in [4.69, 9.17) is 14.2 Å². The number of carbonyl (C=O) groups excluding carboxylic acids is 1. The van der Waals surface area contributed by atoms with E-state index in [1.54, 1.807) is 19.2 Å². The Bertz CT molecular complexity index is 1000. The van der Waals surface area contributed by atoms with Crippen molar-refractivity contribution >= 4 is 5.91 Å². The molecule has 1 N–H and O–H groups in total. The van der Waals surface area contributed by atoms with Gasteiger partial charge in [-0.25, -0.2) is 0 Å². The molecule has 0 unspecified atom stereocenters. The molecule has 0 bridgehead atoms. The molecule has 0 aliphatic rings. The third-order valence-electron chi connectivity index (χ3n) is 4.98. The Hall–Kier alpha value is -3.47. The highest BCUT2D eigenvalue weighted by molar-refractivity contribution is 5.94. The molecule has 0 spiro atoms. The second-order valence-corrected chi connectivity index (χ2v) is 8.00. The first kappa shape index (κ1) is 23.2. The Morgan fingerprint density at radius 3 is 2.44 bits per heavy atom. The maximum Gasteiger partial charge on any atom is 0.251 e. The molecule has 0 atom stereocenters. The van der Waals surface area contributed by atoms with Crippen molar-refractivity contribution in [3.8, 4) is 17.2 Å². The fraction of sp³-hybridized carbons (Fsp3) is 0.296. The first-order chi connectivity index (χ1) is 15.5. The Labute approximate surface area is 190 Å². The zero-order valence-corrected chi connectivity index (χ0v) is 19.0. The smallest absolute Gasteiger partial charge is 0.251 e. The summed E-state index contributed by atoms with van der Waals surface area (Å²) >= 11 is 0. The van der Waals surface area contributed by atoms with Crippen LogP contribution in [-0.4, -0.2) is 19.6 Å². The Morgan fingerprint density at radius 1 is 0.875 bits per heavy atom. The van der Waals surface area contributed by atoms with Crippen molar-refractivity contribution in [2.24, 2.45) is 5.92 Å². The molecule has 3 aromatic carbocycles. The summed E-state index contributed by atoms with van der Waals surface area (Å²) in [5.41, 5.74) is 2.56. The largest absolute Gasteiger partial charge is 0.493 e. The van der Waals surface area contributed by atoms with Crippen LogP contribution < -0.4 is 19.5 Å². The number of methoxy groups -OCH3 is 1. The normalized spacial score (nSPS) is 10.6. The van der Waals surface area contributed by atoms with Gasteiger partial charge < -0.3 is 19.5 Å². The second-order valence-electron chi connectivity index (χ2n) is 8.00. The maximum atomic E-state index is 12.6. The predicted molar refractivity (Wildman–Crippen MR) is 126 cm³/mol. The van der Waals surface area contributed by atoms with Crippen molar-refractivity contribution < 1.29 is 19.0 Å². The van der Waals surface area contributed by atoms with Gasteiger partial charge in [-0.1, -0.05) is 56.3 Å². The maximum absolute atomic E-state index is 12.6. The molecule has 5 heteroatoms. The van der Waals surface area contributed by atoms with Crippen LogP contribution in [0.25, 0.3) is 0 Å². The quantitative estimate of drug-likeness (QED) is 0.426. The van der Waals surface area contributed by atoms with Crippen molar-refractivity contribution in [2.75, 3.05) is 13.7 Å². The van der Waals surface area contributed by atoms with Gasteiger partial charge in [0, 0.05) is 12.1 Å². The van der Waals surface area contributed by atoms with E-state index in [1.807, 2.05) is 60.7 Å². The zero-order valence-electron chi connectivity index (χ0n) is 19.0. The average molecular weight is 434 g/mol. The van der Waals surface area contributed by atoms with Crippen LogP contribution in [0.15, 0.2) is 72.8 Å². The highest BCUT2D eigenvalue weighted by Gasteiger charge is 2.10. The van der Waals surface area contributed by atoms with E-state index in [1.165, 1.54) is 0 Å². The lowest BCUT2D eigenvalue weighted by Gasteiger charge is -2.13. The molecular formula is C27H31NO4. The first-order valence-corrected chi connectivity index (χ1v) is 10.9. The average Bonchev–Trinajstić information content (AvgIpc) is 2.82. The van der Waals surface area contributed by atoms with Crippen molar-refractivity contribution in [3.05, 3.63) is 89.5 Å². The summed E-state index contributed by atoms with van der Waals surface area (Å²) in [6, 6.07) is 22.8. The van der Waals surface area contributed by atoms with Gasteiger partial charge >= 0.3 is 0 Å². The second kappa shape index (κ2) is 11.8. The Morgan fingerprint density at radius 2 is 1.69 bits per heavy atom. The van der Waals surface area contributed by atoms with Gasteiger partial charge in [0.2, 0.25) is 0 Å². The molecular weight excluding hydrogens is 402 g/mol.